The average molecular weight is 1760 g/mol. The van der Waals surface area contributed by atoms with Crippen LogP contribution in [0.3, 0.4) is 0 Å². The Morgan fingerprint density at radius 1 is 0.432 bits per heavy atom. The van der Waals surface area contributed by atoms with Gasteiger partial charge in [-0.1, -0.05) is 170 Å². The molecule has 0 saturated carbocycles. The standard InChI is InChI=1S/C29H29N5O3.C29H33N5O3.C25H20N4O2.C5H14N2.C4H11NO2.B.Cl2OS.Na.H/c1-21-18-27(34(32-21)26-13-7-11-24(20-26)30-2)29(37)31-25-12-6-10-23(19-25)28(22-8-4-3-5-9-22)33(14-16-35)15-17-36;1-21-17-27(34(32-21)26-12-5-7-22(18-26)20-30)29(37)31-25-11-6-10-24(19-25)28(23-8-3-2-4-9-23)33(13-15-35)14-16-36;1-17-14-23(29(28-17)22-13-7-11-20(16-22)26-2)25(31)27-21-12-6-10-19(15-21)24(30)18-8-4-3-5-9-18;6-4-2-1-3-5-7;6-3-1-5-2-4-7;;1-4(2)3;;/h3-13,18-20,28,35-36H,14-17H2,1H3,(H,31,37);2-12,17-19,28,35-36H,13-16,20,30H2,1H3,(H,31,37);3-16,24,30H,1H3,(H,27,31);1-7H2;5-7H,1-4H2;;;;/q;;;;;;;+1;-1. The molecule has 28 nitrogen and oxygen atoms in total. The van der Waals surface area contributed by atoms with Crippen molar-refractivity contribution in [3.63, 3.8) is 0 Å². The molecule has 33 heteroatoms. The third kappa shape index (κ3) is 33.9. The van der Waals surface area contributed by atoms with E-state index in [2.05, 4.69) is 67.6 Å². The van der Waals surface area contributed by atoms with E-state index in [1.54, 1.807) is 94.3 Å². The molecule has 3 atom stereocenters. The summed E-state index contributed by atoms with van der Waals surface area (Å²) in [4.78, 5) is 50.7. The molecule has 9 aromatic carbocycles. The number of aromatic nitrogens is 6. The van der Waals surface area contributed by atoms with Crippen LogP contribution in [0.15, 0.2) is 255 Å². The van der Waals surface area contributed by atoms with Crippen LogP contribution in [0.2, 0.25) is 0 Å². The molecule has 3 heterocycles. The van der Waals surface area contributed by atoms with Crippen molar-refractivity contribution >= 4 is 85.2 Å². The van der Waals surface area contributed by atoms with E-state index in [0.717, 1.165) is 70.7 Å². The number of aliphatic hydroxyl groups excluding tert-OH is 7. The number of carbonyl (C=O) groups excluding carboxylic acids is 3. The molecule has 3 radical (unpaired) electrons. The Labute approximate surface area is 767 Å². The molecule has 12 aromatic rings. The maximum Gasteiger partial charge on any atom is 1.00 e. The molecule has 12 rings (SSSR count). The van der Waals surface area contributed by atoms with Crippen LogP contribution < -0.4 is 68.0 Å². The Kier molecular flexibility index (Phi) is 48.4. The van der Waals surface area contributed by atoms with Gasteiger partial charge < -0.3 is 75.6 Å². The van der Waals surface area contributed by atoms with Crippen molar-refractivity contribution in [2.45, 2.75) is 64.8 Å². The normalized spacial score (nSPS) is 11.2. The van der Waals surface area contributed by atoms with E-state index in [1.807, 2.05) is 200 Å². The molecule has 0 spiro atoms. The fraction of sp³-hybridized carbons (Fsp3) is 0.261. The van der Waals surface area contributed by atoms with Gasteiger partial charge in [0.25, 0.3) is 17.7 Å². The summed E-state index contributed by atoms with van der Waals surface area (Å²) in [6, 6.07) is 77.8. The van der Waals surface area contributed by atoms with E-state index in [4.69, 9.17) is 44.8 Å². The average Bonchev–Trinajstić information content (AvgIpc) is 1.45. The van der Waals surface area contributed by atoms with Crippen molar-refractivity contribution in [3.8, 4) is 17.1 Å². The van der Waals surface area contributed by atoms with E-state index in [0.29, 0.717) is 120 Å². The fourth-order valence-corrected chi connectivity index (χ4v) is 13.1. The zero-order valence-corrected chi connectivity index (χ0v) is 74.7. The molecule has 3 unspecified atom stereocenters. The number of anilines is 3. The molecule has 125 heavy (non-hydrogen) atoms. The van der Waals surface area contributed by atoms with Crippen LogP contribution in [0, 0.1) is 33.9 Å². The minimum Gasteiger partial charge on any atom is -1.00 e. The van der Waals surface area contributed by atoms with E-state index in [-0.39, 0.29) is 109 Å². The second-order valence-corrected chi connectivity index (χ2v) is 30.1. The van der Waals surface area contributed by atoms with Gasteiger partial charge in [-0.05, 0) is 177 Å². The van der Waals surface area contributed by atoms with Crippen molar-refractivity contribution in [2.75, 3.05) is 108 Å². The molecular formula is C92H108BCl2N17NaO11S. The van der Waals surface area contributed by atoms with Crippen LogP contribution in [-0.2, 0) is 15.8 Å². The number of rotatable bonds is 34. The van der Waals surface area contributed by atoms with Gasteiger partial charge in [-0.15, -0.1) is 0 Å². The molecule has 17 N–H and O–H groups in total. The summed E-state index contributed by atoms with van der Waals surface area (Å²) in [7, 11) is 7.36. The van der Waals surface area contributed by atoms with Crippen molar-refractivity contribution in [1.29, 1.82) is 0 Å². The van der Waals surface area contributed by atoms with Crippen LogP contribution in [0.4, 0.5) is 28.4 Å². The fourth-order valence-electron chi connectivity index (χ4n) is 13.1. The third-order valence-corrected chi connectivity index (χ3v) is 18.5. The van der Waals surface area contributed by atoms with Gasteiger partial charge in [-0.25, -0.2) is 27.9 Å². The van der Waals surface area contributed by atoms with Gasteiger partial charge in [-0.2, -0.15) is 15.3 Å². The second-order valence-electron chi connectivity index (χ2n) is 27.5. The summed E-state index contributed by atoms with van der Waals surface area (Å²) in [6.07, 6.45) is 2.64. The number of unbranched alkanes of at least 4 members (excludes halogenated alkanes) is 2. The van der Waals surface area contributed by atoms with Gasteiger partial charge in [0.05, 0.1) is 99.0 Å². The monoisotopic (exact) mass is 1760 g/mol. The zero-order chi connectivity index (χ0) is 88.8. The summed E-state index contributed by atoms with van der Waals surface area (Å²) in [6.45, 7) is 24.8. The van der Waals surface area contributed by atoms with Gasteiger partial charge in [0, 0.05) is 92.7 Å². The maximum atomic E-state index is 13.4. The Hall–Kier alpha value is -10.7. The number of aliphatic hydroxyl groups is 7. The van der Waals surface area contributed by atoms with E-state index in [1.165, 1.54) is 11.1 Å². The van der Waals surface area contributed by atoms with Crippen molar-refractivity contribution in [2.24, 2.45) is 17.2 Å². The van der Waals surface area contributed by atoms with Crippen molar-refractivity contribution in [3.05, 3.63) is 351 Å². The largest absolute Gasteiger partial charge is 1.00 e. The van der Waals surface area contributed by atoms with E-state index >= 15 is 0 Å². The molecule has 0 aliphatic carbocycles. The number of halogens is 2. The summed E-state index contributed by atoms with van der Waals surface area (Å²) in [5.41, 5.74) is 30.6. The van der Waals surface area contributed by atoms with E-state index < -0.39 is 15.3 Å². The number of hydrogen-bond donors (Lipinski definition) is 14. The van der Waals surface area contributed by atoms with Crippen LogP contribution in [0.5, 0.6) is 0 Å². The van der Waals surface area contributed by atoms with Crippen molar-refractivity contribution in [1.82, 2.24) is 44.5 Å². The predicted molar refractivity (Wildman–Crippen MR) is 493 cm³/mol. The molecule has 3 aromatic heterocycles. The first-order valence-electron chi connectivity index (χ1n) is 39.7. The predicted octanol–water partition coefficient (Wildman–Crippen LogP) is 9.11. The van der Waals surface area contributed by atoms with Crippen LogP contribution in [0.1, 0.15) is 126 Å². The Morgan fingerprint density at radius 3 is 1.07 bits per heavy atom. The van der Waals surface area contributed by atoms with Gasteiger partial charge in [0.2, 0.25) is 9.23 Å². The van der Waals surface area contributed by atoms with Crippen molar-refractivity contribution < 1.29 is 85.3 Å². The number of nitrogens with one attached hydrogen (secondary N) is 4. The number of aryl methyl sites for hydroxylation is 3. The van der Waals surface area contributed by atoms with Crippen LogP contribution in [0.25, 0.3) is 26.8 Å². The molecule has 651 valence electrons. The number of hydrogen-bond acceptors (Lipinski definition) is 20. The van der Waals surface area contributed by atoms with Crippen LogP contribution in [-0.4, -0.2) is 197 Å². The smallest absolute Gasteiger partial charge is 1.00 e. The number of nitrogens with two attached hydrogens (primary N) is 3. The summed E-state index contributed by atoms with van der Waals surface area (Å²) < 4.78 is 13.8. The number of nitrogens with zero attached hydrogens (tertiary/aromatic N) is 10. The summed E-state index contributed by atoms with van der Waals surface area (Å²) in [5.74, 6) is -0.945. The molecule has 0 aliphatic rings. The quantitative estimate of drug-likeness (QED) is 0.00773. The first-order chi connectivity index (χ1) is 59.7. The second kappa shape index (κ2) is 57.7. The molecular weight excluding hydrogens is 1660 g/mol. The summed E-state index contributed by atoms with van der Waals surface area (Å²) >= 11 is 0. The molecule has 0 aliphatic heterocycles. The Morgan fingerprint density at radius 2 is 0.744 bits per heavy atom. The topological polar surface area (TPSA) is 405 Å². The Bertz CT molecular complexity index is 5320. The van der Waals surface area contributed by atoms with Gasteiger partial charge in [0.1, 0.15) is 23.2 Å². The molecule has 0 bridgehead atoms. The van der Waals surface area contributed by atoms with Gasteiger partial charge in [0.15, 0.2) is 11.4 Å². The number of benzene rings is 9. The van der Waals surface area contributed by atoms with E-state index in [9.17, 15) is 39.9 Å². The van der Waals surface area contributed by atoms with Gasteiger partial charge in [-0.3, -0.25) is 24.2 Å². The van der Waals surface area contributed by atoms with Gasteiger partial charge >= 0.3 is 29.6 Å². The first kappa shape index (κ1) is 105. The minimum atomic E-state index is -1.67. The first-order valence-corrected chi connectivity index (χ1v) is 42.5. The zero-order valence-electron chi connectivity index (χ0n) is 71.4. The number of carbonyl (C=O) groups is 3. The maximum absolute atomic E-state index is 13.4. The molecule has 0 saturated heterocycles. The molecule has 3 amide bonds. The number of amides is 3. The molecule has 0 fully saturated rings. The van der Waals surface area contributed by atoms with Crippen LogP contribution >= 0.6 is 21.4 Å². The minimum absolute atomic E-state index is 0. The third-order valence-electron chi connectivity index (χ3n) is 18.5. The SMILES string of the molecule is Cc1cc(C(=O)Nc2cccc(C(c3ccccc3)N(CCO)CCO)c2)n(-c2cccc(CN)c2)n1.NCCCCCN.O=S(Cl)Cl.OCCNCCO.[B].[C-]#[N+]c1cccc(-n2nc(C)cc2C(=O)Nc2cccc(C(O)c3ccccc3)c2)c1.[C-]#[N+]c1cccc(-n2nc(C)cc2C(=O)Nc2cccc(C(c3ccccc3)N(CCO)CCO)c2)c1.[H-].[Na+]. The Balaban J connectivity index is 0.000000357. The summed E-state index contributed by atoms with van der Waals surface area (Å²) in [5, 5.41) is 90.7.